The van der Waals surface area contributed by atoms with E-state index in [1.54, 1.807) is 24.3 Å². The second-order valence-electron chi connectivity index (χ2n) is 3.68. The van der Waals surface area contributed by atoms with E-state index in [-0.39, 0.29) is 0 Å². The zero-order chi connectivity index (χ0) is 9.31. The van der Waals surface area contributed by atoms with Crippen molar-refractivity contribution in [1.29, 1.82) is 0 Å². The zero-order valence-corrected chi connectivity index (χ0v) is 8.15. The van der Waals surface area contributed by atoms with Gasteiger partial charge in [0, 0.05) is 5.02 Å². The van der Waals surface area contributed by atoms with Gasteiger partial charge >= 0.3 is 0 Å². The summed E-state index contributed by atoms with van der Waals surface area (Å²) in [6.07, 6.45) is 3.32. The molecule has 1 aromatic carbocycles. The van der Waals surface area contributed by atoms with Gasteiger partial charge in [0.15, 0.2) is 0 Å². The second kappa shape index (κ2) is 3.30. The van der Waals surface area contributed by atoms with Gasteiger partial charge in [-0.15, -0.1) is 0 Å². The van der Waals surface area contributed by atoms with E-state index >= 15 is 0 Å². The van der Waals surface area contributed by atoms with E-state index in [4.69, 9.17) is 11.6 Å². The first-order chi connectivity index (χ1) is 6.21. The van der Waals surface area contributed by atoms with Gasteiger partial charge in [-0.3, -0.25) is 0 Å². The average molecular weight is 199 g/mol. The number of halogens is 2. The minimum Gasteiger partial charge on any atom is -0.239 e. The number of benzene rings is 1. The molecule has 0 heterocycles. The molecule has 1 aromatic rings. The van der Waals surface area contributed by atoms with Crippen molar-refractivity contribution < 1.29 is 4.39 Å². The Bertz CT molecular complexity index is 285. The van der Waals surface area contributed by atoms with Gasteiger partial charge in [0.25, 0.3) is 0 Å². The standard InChI is InChI=1S/C11H12ClF/c12-10-5-3-9(4-6-10)11(13)7-1-2-8-11/h3-6H,1-2,7-8H2. The highest BCUT2D eigenvalue weighted by Gasteiger charge is 2.35. The predicted molar refractivity (Wildman–Crippen MR) is 52.7 cm³/mol. The molecule has 0 spiro atoms. The van der Waals surface area contributed by atoms with Crippen LogP contribution in [0.5, 0.6) is 0 Å². The predicted octanol–water partition coefficient (Wildman–Crippen LogP) is 4.08. The van der Waals surface area contributed by atoms with Crippen LogP contribution in [-0.2, 0) is 5.67 Å². The van der Waals surface area contributed by atoms with Crippen LogP contribution in [-0.4, -0.2) is 0 Å². The van der Waals surface area contributed by atoms with Gasteiger partial charge in [-0.25, -0.2) is 4.39 Å². The van der Waals surface area contributed by atoms with Crippen LogP contribution in [0, 0.1) is 0 Å². The second-order valence-corrected chi connectivity index (χ2v) is 4.12. The molecule has 13 heavy (non-hydrogen) atoms. The molecular formula is C11H12ClF. The molecule has 70 valence electrons. The molecule has 0 amide bonds. The molecule has 0 aliphatic heterocycles. The maximum Gasteiger partial charge on any atom is 0.136 e. The minimum absolute atomic E-state index is 0.661. The summed E-state index contributed by atoms with van der Waals surface area (Å²) in [6, 6.07) is 7.12. The molecule has 1 aliphatic rings. The third-order valence-corrected chi connectivity index (χ3v) is 3.01. The lowest BCUT2D eigenvalue weighted by Crippen LogP contribution is -2.14. The number of rotatable bonds is 1. The number of hydrogen-bond acceptors (Lipinski definition) is 0. The van der Waals surface area contributed by atoms with Crippen molar-refractivity contribution in [2.75, 3.05) is 0 Å². The molecule has 0 N–H and O–H groups in total. The summed E-state index contributed by atoms with van der Waals surface area (Å²) in [5.74, 6) is 0. The van der Waals surface area contributed by atoms with Crippen molar-refractivity contribution in [3.05, 3.63) is 34.9 Å². The van der Waals surface area contributed by atoms with E-state index < -0.39 is 5.67 Å². The molecule has 0 aromatic heterocycles. The summed E-state index contributed by atoms with van der Waals surface area (Å²) in [7, 11) is 0. The minimum atomic E-state index is -1.08. The molecule has 2 heteroatoms. The van der Waals surface area contributed by atoms with Gasteiger partial charge in [-0.05, 0) is 43.4 Å². The Labute approximate surface area is 82.7 Å². The maximum atomic E-state index is 14.1. The summed E-state index contributed by atoms with van der Waals surface area (Å²) in [6.45, 7) is 0. The van der Waals surface area contributed by atoms with E-state index in [0.717, 1.165) is 18.4 Å². The smallest absolute Gasteiger partial charge is 0.136 e. The molecule has 0 radical (unpaired) electrons. The van der Waals surface area contributed by atoms with Gasteiger partial charge in [0.1, 0.15) is 5.67 Å². The van der Waals surface area contributed by atoms with Crippen molar-refractivity contribution in [3.63, 3.8) is 0 Å². The van der Waals surface area contributed by atoms with E-state index in [9.17, 15) is 4.39 Å². The highest BCUT2D eigenvalue weighted by Crippen LogP contribution is 2.42. The Morgan fingerprint density at radius 2 is 1.62 bits per heavy atom. The van der Waals surface area contributed by atoms with Crippen LogP contribution in [0.1, 0.15) is 31.2 Å². The average Bonchev–Trinajstić information content (AvgIpc) is 2.54. The molecule has 0 unspecified atom stereocenters. The Morgan fingerprint density at radius 1 is 1.08 bits per heavy atom. The Balaban J connectivity index is 2.29. The Morgan fingerprint density at radius 3 is 2.15 bits per heavy atom. The van der Waals surface area contributed by atoms with Crippen LogP contribution in [0.4, 0.5) is 4.39 Å². The van der Waals surface area contributed by atoms with E-state index in [2.05, 4.69) is 0 Å². The summed E-state index contributed by atoms with van der Waals surface area (Å²) in [5, 5.41) is 0.672. The lowest BCUT2D eigenvalue weighted by atomic mass is 9.94. The van der Waals surface area contributed by atoms with E-state index in [0.29, 0.717) is 17.9 Å². The normalized spacial score (nSPS) is 20.5. The SMILES string of the molecule is FC1(c2ccc(Cl)cc2)CCCC1. The Kier molecular flexibility index (Phi) is 2.29. The van der Waals surface area contributed by atoms with E-state index in [1.165, 1.54) is 0 Å². The van der Waals surface area contributed by atoms with Crippen LogP contribution >= 0.6 is 11.6 Å². The lowest BCUT2D eigenvalue weighted by Gasteiger charge is -2.19. The summed E-state index contributed by atoms with van der Waals surface area (Å²) in [5.41, 5.74) is -0.292. The van der Waals surface area contributed by atoms with Crippen molar-refractivity contribution in [2.45, 2.75) is 31.4 Å². The van der Waals surface area contributed by atoms with Gasteiger partial charge in [0.05, 0.1) is 0 Å². The molecule has 2 rings (SSSR count). The highest BCUT2D eigenvalue weighted by molar-refractivity contribution is 6.30. The largest absolute Gasteiger partial charge is 0.239 e. The van der Waals surface area contributed by atoms with Crippen molar-refractivity contribution in [2.24, 2.45) is 0 Å². The third kappa shape index (κ3) is 1.71. The van der Waals surface area contributed by atoms with Gasteiger partial charge < -0.3 is 0 Å². The van der Waals surface area contributed by atoms with Gasteiger partial charge in [0.2, 0.25) is 0 Å². The maximum absolute atomic E-state index is 14.1. The molecular weight excluding hydrogens is 187 g/mol. The van der Waals surface area contributed by atoms with Crippen LogP contribution in [0.15, 0.2) is 24.3 Å². The molecule has 0 saturated heterocycles. The molecule has 0 atom stereocenters. The van der Waals surface area contributed by atoms with Crippen LogP contribution < -0.4 is 0 Å². The van der Waals surface area contributed by atoms with Crippen molar-refractivity contribution >= 4 is 11.6 Å². The quantitative estimate of drug-likeness (QED) is 0.638. The monoisotopic (exact) mass is 198 g/mol. The Hall–Kier alpha value is -0.560. The first-order valence-electron chi connectivity index (χ1n) is 4.66. The molecule has 0 nitrogen and oxygen atoms in total. The molecule has 1 saturated carbocycles. The highest BCUT2D eigenvalue weighted by atomic mass is 35.5. The summed E-state index contributed by atoms with van der Waals surface area (Å²) < 4.78 is 14.1. The first-order valence-corrected chi connectivity index (χ1v) is 5.03. The third-order valence-electron chi connectivity index (χ3n) is 2.76. The summed E-state index contributed by atoms with van der Waals surface area (Å²) >= 11 is 5.74. The van der Waals surface area contributed by atoms with Gasteiger partial charge in [-0.2, -0.15) is 0 Å². The fourth-order valence-corrected chi connectivity index (χ4v) is 2.10. The topological polar surface area (TPSA) is 0 Å². The zero-order valence-electron chi connectivity index (χ0n) is 7.39. The van der Waals surface area contributed by atoms with Crippen LogP contribution in [0.2, 0.25) is 5.02 Å². The van der Waals surface area contributed by atoms with Crippen molar-refractivity contribution in [3.8, 4) is 0 Å². The first kappa shape index (κ1) is 9.01. The van der Waals surface area contributed by atoms with Crippen LogP contribution in [0.3, 0.4) is 0 Å². The van der Waals surface area contributed by atoms with Crippen molar-refractivity contribution in [1.82, 2.24) is 0 Å². The molecule has 1 aliphatic carbocycles. The lowest BCUT2D eigenvalue weighted by molar-refractivity contribution is 0.175. The summed E-state index contributed by atoms with van der Waals surface area (Å²) in [4.78, 5) is 0. The molecule has 1 fully saturated rings. The van der Waals surface area contributed by atoms with E-state index in [1.807, 2.05) is 0 Å². The molecule has 0 bridgehead atoms. The number of hydrogen-bond donors (Lipinski definition) is 0. The fraction of sp³-hybridized carbons (Fsp3) is 0.455. The fourth-order valence-electron chi connectivity index (χ4n) is 1.97. The number of alkyl halides is 1. The van der Waals surface area contributed by atoms with Gasteiger partial charge in [-0.1, -0.05) is 23.7 Å². The van der Waals surface area contributed by atoms with Crippen LogP contribution in [0.25, 0.3) is 0 Å².